The number of nitro groups is 1. The molecule has 1 saturated heterocycles. The minimum absolute atomic E-state index is 0.00390. The highest BCUT2D eigenvalue weighted by Crippen LogP contribution is 2.22. The lowest BCUT2D eigenvalue weighted by Crippen LogP contribution is -2.42. The van der Waals surface area contributed by atoms with Crippen LogP contribution < -0.4 is 5.43 Å². The van der Waals surface area contributed by atoms with Crippen LogP contribution in [0.4, 0.5) is 5.69 Å². The Labute approximate surface area is 199 Å². The molecule has 1 fully saturated rings. The van der Waals surface area contributed by atoms with E-state index in [1.165, 1.54) is 23.9 Å². The molecule has 0 bridgehead atoms. The number of hydrogen-bond acceptors (Lipinski definition) is 7. The third kappa shape index (κ3) is 5.80. The number of hydrogen-bond donors (Lipinski definition) is 1. The largest absolute Gasteiger partial charge is 0.378 e. The zero-order chi connectivity index (χ0) is 23.9. The van der Waals surface area contributed by atoms with Crippen LogP contribution in [0.3, 0.4) is 0 Å². The van der Waals surface area contributed by atoms with Gasteiger partial charge in [-0.1, -0.05) is 18.2 Å². The van der Waals surface area contributed by atoms with Gasteiger partial charge in [-0.05, 0) is 18.2 Å². The molecule has 0 radical (unpaired) electrons. The van der Waals surface area contributed by atoms with Gasteiger partial charge in [0.1, 0.15) is 6.54 Å². The number of nitrogens with zero attached hydrogens (tertiary/aromatic N) is 4. The fourth-order valence-corrected chi connectivity index (χ4v) is 4.28. The molecule has 2 amide bonds. The summed E-state index contributed by atoms with van der Waals surface area (Å²) in [4.78, 5) is 37.6. The van der Waals surface area contributed by atoms with Gasteiger partial charge in [-0.2, -0.15) is 5.10 Å². The first-order valence-electron chi connectivity index (χ1n) is 10.6. The van der Waals surface area contributed by atoms with Crippen LogP contribution in [0.2, 0.25) is 0 Å². The van der Waals surface area contributed by atoms with Crippen molar-refractivity contribution >= 4 is 46.4 Å². The number of thioether (sulfide) groups is 1. The quantitative estimate of drug-likeness (QED) is 0.229. The van der Waals surface area contributed by atoms with Gasteiger partial charge in [0.2, 0.25) is 11.8 Å². The average Bonchev–Trinajstić information content (AvgIpc) is 3.21. The molecule has 0 saturated carbocycles. The zero-order valence-corrected chi connectivity index (χ0v) is 19.1. The number of amides is 2. The fourth-order valence-electron chi connectivity index (χ4n) is 3.59. The first-order valence-corrected chi connectivity index (χ1v) is 11.6. The molecule has 0 spiro atoms. The maximum absolute atomic E-state index is 12.7. The maximum Gasteiger partial charge on any atom is 0.269 e. The molecule has 1 N–H and O–H groups in total. The number of non-ortho nitro benzene ring substituents is 1. The summed E-state index contributed by atoms with van der Waals surface area (Å²) in [6, 6.07) is 13.7. The highest BCUT2D eigenvalue weighted by Gasteiger charge is 2.18. The first kappa shape index (κ1) is 23.5. The third-order valence-electron chi connectivity index (χ3n) is 5.30. The van der Waals surface area contributed by atoms with E-state index in [2.05, 4.69) is 10.5 Å². The van der Waals surface area contributed by atoms with Gasteiger partial charge < -0.3 is 14.2 Å². The molecule has 0 unspecified atom stereocenters. The Bertz CT molecular complexity index is 1220. The van der Waals surface area contributed by atoms with Gasteiger partial charge >= 0.3 is 0 Å². The molecule has 4 rings (SSSR count). The summed E-state index contributed by atoms with van der Waals surface area (Å²) in [7, 11) is 0. The van der Waals surface area contributed by atoms with Crippen LogP contribution in [0, 0.1) is 10.1 Å². The third-order valence-corrected chi connectivity index (χ3v) is 6.31. The monoisotopic (exact) mass is 481 g/mol. The molecule has 3 aromatic rings. The van der Waals surface area contributed by atoms with Crippen molar-refractivity contribution in [2.24, 2.45) is 5.10 Å². The van der Waals surface area contributed by atoms with Gasteiger partial charge in [-0.15, -0.1) is 11.8 Å². The number of rotatable bonds is 8. The van der Waals surface area contributed by atoms with Gasteiger partial charge in [0, 0.05) is 52.8 Å². The number of carbonyl (C=O) groups excluding carboxylic acids is 2. The standard InChI is InChI=1S/C23H23N5O5S/c29-22(16-34-19-7-5-18(6-8-19)28(31)32)25-24-13-17-14-27(21-4-2-1-3-20(17)21)15-23(30)26-9-11-33-12-10-26/h1-8,13-14H,9-12,15-16H2,(H,25,29)/b24-13+. The Morgan fingerprint density at radius 1 is 1.15 bits per heavy atom. The van der Waals surface area contributed by atoms with E-state index in [1.54, 1.807) is 23.2 Å². The number of nitro benzene ring substituents is 1. The number of carbonyl (C=O) groups is 2. The van der Waals surface area contributed by atoms with Gasteiger partial charge in [0.05, 0.1) is 30.1 Å². The number of morpholine rings is 1. The molecule has 11 heteroatoms. The lowest BCUT2D eigenvalue weighted by atomic mass is 10.2. The van der Waals surface area contributed by atoms with Crippen molar-refractivity contribution in [1.82, 2.24) is 14.9 Å². The summed E-state index contributed by atoms with van der Waals surface area (Å²) in [5.74, 6) is -0.153. The molecule has 1 aromatic heterocycles. The number of para-hydroxylation sites is 1. The summed E-state index contributed by atoms with van der Waals surface area (Å²) < 4.78 is 7.20. The predicted molar refractivity (Wildman–Crippen MR) is 129 cm³/mol. The molecule has 0 aliphatic carbocycles. The van der Waals surface area contributed by atoms with Crippen molar-refractivity contribution in [2.45, 2.75) is 11.4 Å². The molecular weight excluding hydrogens is 458 g/mol. The van der Waals surface area contributed by atoms with Gasteiger partial charge in [0.25, 0.3) is 5.69 Å². The molecule has 2 aromatic carbocycles. The zero-order valence-electron chi connectivity index (χ0n) is 18.3. The topological polar surface area (TPSA) is 119 Å². The molecule has 34 heavy (non-hydrogen) atoms. The smallest absolute Gasteiger partial charge is 0.269 e. The van der Waals surface area contributed by atoms with E-state index >= 15 is 0 Å². The summed E-state index contributed by atoms with van der Waals surface area (Å²) in [6.07, 6.45) is 3.41. The number of benzene rings is 2. The van der Waals surface area contributed by atoms with Crippen LogP contribution in [-0.4, -0.2) is 64.5 Å². The summed E-state index contributed by atoms with van der Waals surface area (Å²) in [5, 5.41) is 15.7. The average molecular weight is 482 g/mol. The van der Waals surface area contributed by atoms with E-state index < -0.39 is 4.92 Å². The van der Waals surface area contributed by atoms with Crippen molar-refractivity contribution in [3.8, 4) is 0 Å². The Hall–Kier alpha value is -3.70. The number of fused-ring (bicyclic) bond motifs is 1. The Balaban J connectivity index is 1.36. The molecule has 176 valence electrons. The van der Waals surface area contributed by atoms with Crippen LogP contribution in [0.15, 0.2) is 64.7 Å². The molecule has 10 nitrogen and oxygen atoms in total. The van der Waals surface area contributed by atoms with E-state index in [0.717, 1.165) is 21.4 Å². The predicted octanol–water partition coefficient (Wildman–Crippen LogP) is 2.65. The lowest BCUT2D eigenvalue weighted by Gasteiger charge is -2.27. The van der Waals surface area contributed by atoms with Crippen LogP contribution in [0.1, 0.15) is 5.56 Å². The van der Waals surface area contributed by atoms with E-state index in [4.69, 9.17) is 4.74 Å². The minimum Gasteiger partial charge on any atom is -0.378 e. The Kier molecular flexibility index (Phi) is 7.55. The second-order valence-corrected chi connectivity index (χ2v) is 8.60. The van der Waals surface area contributed by atoms with Crippen LogP contribution in [-0.2, 0) is 20.9 Å². The molecule has 1 aliphatic heterocycles. The second kappa shape index (κ2) is 10.9. The molecular formula is C23H23N5O5S. The van der Waals surface area contributed by atoms with E-state index in [1.807, 2.05) is 35.0 Å². The van der Waals surface area contributed by atoms with Crippen LogP contribution in [0.5, 0.6) is 0 Å². The molecule has 2 heterocycles. The summed E-state index contributed by atoms with van der Waals surface area (Å²) in [6.45, 7) is 2.51. The van der Waals surface area contributed by atoms with E-state index in [-0.39, 0.29) is 29.8 Å². The van der Waals surface area contributed by atoms with Gasteiger partial charge in [0.15, 0.2) is 0 Å². The first-order chi connectivity index (χ1) is 16.5. The molecule has 1 aliphatic rings. The van der Waals surface area contributed by atoms with E-state index in [9.17, 15) is 19.7 Å². The van der Waals surface area contributed by atoms with E-state index in [0.29, 0.717) is 26.3 Å². The number of hydrazone groups is 1. The highest BCUT2D eigenvalue weighted by atomic mass is 32.2. The summed E-state index contributed by atoms with van der Waals surface area (Å²) >= 11 is 1.26. The number of nitrogens with one attached hydrogen (secondary N) is 1. The minimum atomic E-state index is -0.467. The fraction of sp³-hybridized carbons (Fsp3) is 0.261. The van der Waals surface area contributed by atoms with Crippen molar-refractivity contribution in [1.29, 1.82) is 0 Å². The number of aromatic nitrogens is 1. The Morgan fingerprint density at radius 2 is 1.88 bits per heavy atom. The van der Waals surface area contributed by atoms with Crippen molar-refractivity contribution in [3.05, 3.63) is 70.4 Å². The van der Waals surface area contributed by atoms with Gasteiger partial charge in [-0.3, -0.25) is 19.7 Å². The molecule has 0 atom stereocenters. The summed E-state index contributed by atoms with van der Waals surface area (Å²) in [5.41, 5.74) is 4.20. The lowest BCUT2D eigenvalue weighted by molar-refractivity contribution is -0.384. The maximum atomic E-state index is 12.7. The highest BCUT2D eigenvalue weighted by molar-refractivity contribution is 8.00. The second-order valence-electron chi connectivity index (χ2n) is 7.56. The van der Waals surface area contributed by atoms with Crippen molar-refractivity contribution < 1.29 is 19.2 Å². The van der Waals surface area contributed by atoms with Crippen LogP contribution in [0.25, 0.3) is 10.9 Å². The Morgan fingerprint density at radius 3 is 2.62 bits per heavy atom. The van der Waals surface area contributed by atoms with Crippen molar-refractivity contribution in [3.63, 3.8) is 0 Å². The van der Waals surface area contributed by atoms with Crippen LogP contribution >= 0.6 is 11.8 Å². The normalized spacial score (nSPS) is 13.9. The number of ether oxygens (including phenoxy) is 1. The SMILES string of the molecule is O=C(CSc1ccc([N+](=O)[O-])cc1)N/N=C/c1cn(CC(=O)N2CCOCC2)c2ccccc12. The van der Waals surface area contributed by atoms with Crippen molar-refractivity contribution in [2.75, 3.05) is 32.1 Å². The van der Waals surface area contributed by atoms with Gasteiger partial charge in [-0.25, -0.2) is 5.43 Å².